The molecule has 0 saturated carbocycles. The summed E-state index contributed by atoms with van der Waals surface area (Å²) in [6.45, 7) is 1.45. The first-order valence-corrected chi connectivity index (χ1v) is 12.9. The smallest absolute Gasteiger partial charge is 0.264 e. The Morgan fingerprint density at radius 2 is 1.71 bits per heavy atom. The molecular formula is C25H27BrN4O4S. The van der Waals surface area contributed by atoms with Crippen molar-refractivity contribution < 1.29 is 17.9 Å². The first kappa shape index (κ1) is 26.2. The van der Waals surface area contributed by atoms with E-state index in [-0.39, 0.29) is 4.90 Å². The van der Waals surface area contributed by atoms with E-state index in [9.17, 15) is 13.2 Å². The molecule has 0 aliphatic carbocycles. The molecule has 10 heteroatoms. The minimum atomic E-state index is -4.03. The zero-order valence-corrected chi connectivity index (χ0v) is 22.3. The predicted molar refractivity (Wildman–Crippen MR) is 143 cm³/mol. The number of aryl methyl sites for hydroxylation is 1. The van der Waals surface area contributed by atoms with Crippen LogP contribution < -0.4 is 19.4 Å². The van der Waals surface area contributed by atoms with Gasteiger partial charge in [-0.05, 0) is 76.9 Å². The quantitative estimate of drug-likeness (QED) is 0.314. The van der Waals surface area contributed by atoms with E-state index in [1.165, 1.54) is 25.5 Å². The zero-order chi connectivity index (χ0) is 25.6. The van der Waals surface area contributed by atoms with E-state index in [2.05, 4.69) is 26.5 Å². The van der Waals surface area contributed by atoms with Crippen molar-refractivity contribution in [2.24, 2.45) is 5.10 Å². The van der Waals surface area contributed by atoms with Crippen molar-refractivity contribution in [3.8, 4) is 5.75 Å². The number of hydrogen-bond acceptors (Lipinski definition) is 6. The van der Waals surface area contributed by atoms with Gasteiger partial charge in [0.25, 0.3) is 15.9 Å². The summed E-state index contributed by atoms with van der Waals surface area (Å²) >= 11 is 3.51. The number of methoxy groups -OCH3 is 1. The normalized spacial score (nSPS) is 11.3. The molecular weight excluding hydrogens is 532 g/mol. The highest BCUT2D eigenvalue weighted by atomic mass is 79.9. The Morgan fingerprint density at radius 3 is 2.29 bits per heavy atom. The lowest BCUT2D eigenvalue weighted by atomic mass is 10.2. The van der Waals surface area contributed by atoms with E-state index in [0.717, 1.165) is 25.6 Å². The van der Waals surface area contributed by atoms with Gasteiger partial charge < -0.3 is 9.64 Å². The number of hydrazone groups is 1. The molecule has 0 saturated heterocycles. The third-order valence-electron chi connectivity index (χ3n) is 5.11. The second-order valence-corrected chi connectivity index (χ2v) is 10.6. The lowest BCUT2D eigenvalue weighted by Gasteiger charge is -2.24. The monoisotopic (exact) mass is 558 g/mol. The summed E-state index contributed by atoms with van der Waals surface area (Å²) in [5.41, 5.74) is 5.53. The van der Waals surface area contributed by atoms with Crippen molar-refractivity contribution in [1.29, 1.82) is 0 Å². The maximum Gasteiger partial charge on any atom is 0.264 e. The van der Waals surface area contributed by atoms with Crippen molar-refractivity contribution in [1.82, 2.24) is 5.43 Å². The first-order chi connectivity index (χ1) is 16.6. The van der Waals surface area contributed by atoms with Gasteiger partial charge in [0, 0.05) is 18.6 Å². The van der Waals surface area contributed by atoms with Gasteiger partial charge in [-0.25, -0.2) is 13.8 Å². The molecule has 1 N–H and O–H groups in total. The van der Waals surface area contributed by atoms with E-state index in [1.807, 2.05) is 44.1 Å². The Labute approximate surface area is 214 Å². The molecule has 35 heavy (non-hydrogen) atoms. The molecule has 8 nitrogen and oxygen atoms in total. The average molecular weight is 559 g/mol. The number of carbonyl (C=O) groups excluding carboxylic acids is 1. The number of anilines is 2. The van der Waals surface area contributed by atoms with Crippen molar-refractivity contribution in [3.63, 3.8) is 0 Å². The Hall–Kier alpha value is -3.37. The molecule has 0 unspecified atom stereocenters. The molecule has 0 spiro atoms. The van der Waals surface area contributed by atoms with E-state index < -0.39 is 22.5 Å². The summed E-state index contributed by atoms with van der Waals surface area (Å²) in [5, 5.41) is 4.00. The third kappa shape index (κ3) is 6.61. The van der Waals surface area contributed by atoms with Crippen molar-refractivity contribution >= 4 is 49.4 Å². The van der Waals surface area contributed by atoms with E-state index >= 15 is 0 Å². The van der Waals surface area contributed by atoms with E-state index in [4.69, 9.17) is 4.74 Å². The highest BCUT2D eigenvalue weighted by Gasteiger charge is 2.27. The highest BCUT2D eigenvalue weighted by molar-refractivity contribution is 9.10. The van der Waals surface area contributed by atoms with Crippen LogP contribution in [0.4, 0.5) is 11.4 Å². The predicted octanol–water partition coefficient (Wildman–Crippen LogP) is 4.18. The van der Waals surface area contributed by atoms with Crippen LogP contribution in [0.5, 0.6) is 5.75 Å². The maximum atomic E-state index is 13.4. The van der Waals surface area contributed by atoms with Crippen LogP contribution in [0.25, 0.3) is 0 Å². The Bertz CT molecular complexity index is 1310. The van der Waals surface area contributed by atoms with Gasteiger partial charge >= 0.3 is 0 Å². The van der Waals surface area contributed by atoms with Gasteiger partial charge in [-0.15, -0.1) is 0 Å². The topological polar surface area (TPSA) is 91.3 Å². The first-order valence-electron chi connectivity index (χ1n) is 10.6. The summed E-state index contributed by atoms with van der Waals surface area (Å²) in [5.74, 6) is -0.0499. The summed E-state index contributed by atoms with van der Waals surface area (Å²) in [4.78, 5) is 14.7. The Kier molecular flexibility index (Phi) is 8.52. The fourth-order valence-corrected chi connectivity index (χ4v) is 5.38. The molecule has 0 aromatic heterocycles. The molecule has 3 aromatic rings. The molecule has 0 radical (unpaired) electrons. The number of carbonyl (C=O) groups is 1. The molecule has 184 valence electrons. The summed E-state index contributed by atoms with van der Waals surface area (Å²) in [6, 6.07) is 18.6. The number of nitrogens with zero attached hydrogens (tertiary/aromatic N) is 3. The number of hydrogen-bond donors (Lipinski definition) is 1. The third-order valence-corrected chi connectivity index (χ3v) is 7.54. The molecule has 0 fully saturated rings. The minimum absolute atomic E-state index is 0.0426. The molecule has 0 heterocycles. The van der Waals surface area contributed by atoms with Crippen LogP contribution in [-0.2, 0) is 14.8 Å². The number of ether oxygens (including phenoxy) is 1. The summed E-state index contributed by atoms with van der Waals surface area (Å²) in [7, 11) is 1.35. The molecule has 0 aliphatic rings. The van der Waals surface area contributed by atoms with Gasteiger partial charge in [0.2, 0.25) is 0 Å². The Morgan fingerprint density at radius 1 is 1.06 bits per heavy atom. The van der Waals surface area contributed by atoms with Crippen LogP contribution in [0.3, 0.4) is 0 Å². The molecule has 3 aromatic carbocycles. The number of benzene rings is 3. The number of nitrogens with one attached hydrogen (secondary N) is 1. The molecule has 0 bridgehead atoms. The van der Waals surface area contributed by atoms with Gasteiger partial charge in [0.1, 0.15) is 12.3 Å². The SMILES string of the molecule is COc1ccc(S(=O)(=O)N(CC(=O)N/N=C\c2ccc(N(C)C)c(Br)c2)c2ccc(C)cc2)cc1. The van der Waals surface area contributed by atoms with Crippen molar-refractivity contribution in [2.45, 2.75) is 11.8 Å². The fraction of sp³-hybridized carbons (Fsp3) is 0.200. The number of halogens is 1. The van der Waals surface area contributed by atoms with Gasteiger partial charge in [0.15, 0.2) is 0 Å². The van der Waals surface area contributed by atoms with Gasteiger partial charge in [-0.2, -0.15) is 5.10 Å². The standard InChI is InChI=1S/C25H27BrN4O4S/c1-18-5-8-20(9-6-18)30(35(32,33)22-12-10-21(34-4)11-13-22)17-25(31)28-27-16-19-7-14-24(29(2)3)23(26)15-19/h5-16H,17H2,1-4H3,(H,28,31)/b27-16-. The number of rotatable bonds is 9. The minimum Gasteiger partial charge on any atom is -0.497 e. The van der Waals surface area contributed by atoms with Crippen LogP contribution in [0.15, 0.2) is 81.2 Å². The summed E-state index contributed by atoms with van der Waals surface area (Å²) < 4.78 is 33.9. The molecule has 0 atom stereocenters. The fourth-order valence-electron chi connectivity index (χ4n) is 3.21. The van der Waals surface area contributed by atoms with Crippen LogP contribution in [0.2, 0.25) is 0 Å². The van der Waals surface area contributed by atoms with Gasteiger partial charge in [-0.3, -0.25) is 9.10 Å². The van der Waals surface area contributed by atoms with E-state index in [0.29, 0.717) is 11.4 Å². The molecule has 1 amide bonds. The average Bonchev–Trinajstić information content (AvgIpc) is 2.83. The van der Waals surface area contributed by atoms with Crippen LogP contribution in [0.1, 0.15) is 11.1 Å². The second-order valence-electron chi connectivity index (χ2n) is 7.92. The maximum absolute atomic E-state index is 13.4. The van der Waals surface area contributed by atoms with Gasteiger partial charge in [0.05, 0.1) is 29.6 Å². The number of amides is 1. The number of sulfonamides is 1. The largest absolute Gasteiger partial charge is 0.497 e. The molecule has 0 aliphatic heterocycles. The lowest BCUT2D eigenvalue weighted by molar-refractivity contribution is -0.119. The Balaban J connectivity index is 1.81. The van der Waals surface area contributed by atoms with Crippen LogP contribution >= 0.6 is 15.9 Å². The van der Waals surface area contributed by atoms with Crippen molar-refractivity contribution in [2.75, 3.05) is 37.0 Å². The zero-order valence-electron chi connectivity index (χ0n) is 19.9. The van der Waals surface area contributed by atoms with Crippen LogP contribution in [0, 0.1) is 6.92 Å². The second kappa shape index (κ2) is 11.4. The van der Waals surface area contributed by atoms with Crippen molar-refractivity contribution in [3.05, 3.63) is 82.3 Å². The summed E-state index contributed by atoms with van der Waals surface area (Å²) in [6.07, 6.45) is 1.50. The molecule has 3 rings (SSSR count). The van der Waals surface area contributed by atoms with Crippen LogP contribution in [-0.4, -0.2) is 48.3 Å². The van der Waals surface area contributed by atoms with E-state index in [1.54, 1.807) is 36.4 Å². The van der Waals surface area contributed by atoms with Gasteiger partial charge in [-0.1, -0.05) is 23.8 Å². The highest BCUT2D eigenvalue weighted by Crippen LogP contribution is 2.26. The lowest BCUT2D eigenvalue weighted by Crippen LogP contribution is -2.39.